The second-order valence-corrected chi connectivity index (χ2v) is 6.07. The molecule has 0 unspecified atom stereocenters. The number of aromatic nitrogens is 2. The Morgan fingerprint density at radius 1 is 1.26 bits per heavy atom. The maximum Gasteiger partial charge on any atom is 0.187 e. The molecule has 6 nitrogen and oxygen atoms in total. The Labute approximate surface area is 136 Å². The monoisotopic (exact) mass is 317 g/mol. The maximum atomic E-state index is 5.77. The lowest BCUT2D eigenvalue weighted by atomic mass is 9.92. The molecule has 2 aromatic rings. The summed E-state index contributed by atoms with van der Waals surface area (Å²) in [7, 11) is 5.30. The van der Waals surface area contributed by atoms with E-state index in [1.54, 1.807) is 20.5 Å². The summed E-state index contributed by atoms with van der Waals surface area (Å²) in [4.78, 5) is 11.1. The molecule has 1 aromatic heterocycles. The normalized spacial score (nSPS) is 24.0. The number of methoxy groups -OCH3 is 2. The average Bonchev–Trinajstić information content (AvgIpc) is 2.92. The Bertz CT molecular complexity index is 722. The van der Waals surface area contributed by atoms with Crippen LogP contribution in [0.15, 0.2) is 18.5 Å². The summed E-state index contributed by atoms with van der Waals surface area (Å²) >= 11 is 0. The van der Waals surface area contributed by atoms with E-state index >= 15 is 0 Å². The van der Waals surface area contributed by atoms with Gasteiger partial charge in [-0.15, -0.1) is 0 Å². The van der Waals surface area contributed by atoms with Gasteiger partial charge in [0.25, 0.3) is 0 Å². The maximum absolute atomic E-state index is 5.77. The average molecular weight is 317 g/mol. The van der Waals surface area contributed by atoms with Gasteiger partial charge in [-0.05, 0) is 32.4 Å². The van der Waals surface area contributed by atoms with Crippen LogP contribution in [0.25, 0.3) is 10.9 Å². The van der Waals surface area contributed by atoms with Crippen molar-refractivity contribution in [3.8, 4) is 11.5 Å². The predicted molar refractivity (Wildman–Crippen MR) is 89.5 cm³/mol. The first-order chi connectivity index (χ1) is 11.0. The van der Waals surface area contributed by atoms with E-state index in [0.29, 0.717) is 11.5 Å². The second kappa shape index (κ2) is 5.85. The van der Waals surface area contributed by atoms with Gasteiger partial charge in [0, 0.05) is 19.0 Å². The quantitative estimate of drug-likeness (QED) is 0.864. The largest absolute Gasteiger partial charge is 0.493 e. The van der Waals surface area contributed by atoms with Crippen molar-refractivity contribution in [1.29, 1.82) is 0 Å². The van der Waals surface area contributed by atoms with Crippen molar-refractivity contribution < 1.29 is 14.2 Å². The van der Waals surface area contributed by atoms with E-state index in [-0.39, 0.29) is 11.6 Å². The van der Waals surface area contributed by atoms with E-state index in [1.165, 1.54) is 0 Å². The molecule has 0 aliphatic carbocycles. The molecule has 23 heavy (non-hydrogen) atoms. The minimum atomic E-state index is -0.103. The summed E-state index contributed by atoms with van der Waals surface area (Å²) in [5, 5.41) is 0.938. The van der Waals surface area contributed by atoms with Crippen molar-refractivity contribution in [2.24, 2.45) is 0 Å². The van der Waals surface area contributed by atoms with Crippen LogP contribution in [0.3, 0.4) is 0 Å². The van der Waals surface area contributed by atoms with Crippen LogP contribution in [-0.4, -0.2) is 49.5 Å². The van der Waals surface area contributed by atoms with Crippen LogP contribution < -0.4 is 14.4 Å². The molecular formula is C17H23N3O3. The van der Waals surface area contributed by atoms with Gasteiger partial charge >= 0.3 is 0 Å². The predicted octanol–water partition coefficient (Wildman–Crippen LogP) is 2.65. The van der Waals surface area contributed by atoms with Crippen molar-refractivity contribution in [1.82, 2.24) is 9.97 Å². The zero-order valence-corrected chi connectivity index (χ0v) is 14.3. The zero-order valence-electron chi connectivity index (χ0n) is 14.3. The first-order valence-electron chi connectivity index (χ1n) is 7.74. The fraction of sp³-hybridized carbons (Fsp3) is 0.529. The van der Waals surface area contributed by atoms with Gasteiger partial charge in [0.05, 0.1) is 25.9 Å². The number of hydrogen-bond donors (Lipinski definition) is 0. The van der Waals surface area contributed by atoms with Gasteiger partial charge in [-0.1, -0.05) is 0 Å². The highest BCUT2D eigenvalue weighted by Crippen LogP contribution is 2.40. The van der Waals surface area contributed by atoms with Crippen molar-refractivity contribution in [2.75, 3.05) is 32.8 Å². The molecule has 1 saturated heterocycles. The van der Waals surface area contributed by atoms with E-state index in [0.717, 1.165) is 29.7 Å². The Balaban J connectivity index is 2.15. The lowest BCUT2D eigenvalue weighted by molar-refractivity contribution is 0.0987. The molecule has 0 bridgehead atoms. The SMILES string of the molecule is COc1ccc2c(N(C)[C@]3(C)CCO[C@H]3C)ncnc2c1OC. The van der Waals surface area contributed by atoms with Gasteiger partial charge in [-0.3, -0.25) is 0 Å². The molecule has 1 fully saturated rings. The molecule has 124 valence electrons. The minimum absolute atomic E-state index is 0.103. The van der Waals surface area contributed by atoms with Crippen LogP contribution in [0, 0.1) is 0 Å². The highest BCUT2D eigenvalue weighted by molar-refractivity contribution is 5.95. The first-order valence-corrected chi connectivity index (χ1v) is 7.74. The van der Waals surface area contributed by atoms with Gasteiger partial charge in [-0.2, -0.15) is 0 Å². The molecule has 1 aliphatic heterocycles. The summed E-state index contributed by atoms with van der Waals surface area (Å²) in [5.74, 6) is 2.16. The number of likely N-dealkylation sites (N-methyl/N-ethyl adjacent to an activating group) is 1. The van der Waals surface area contributed by atoms with Crippen LogP contribution in [-0.2, 0) is 4.74 Å². The fourth-order valence-corrected chi connectivity index (χ4v) is 3.20. The van der Waals surface area contributed by atoms with Crippen molar-refractivity contribution in [3.63, 3.8) is 0 Å². The highest BCUT2D eigenvalue weighted by Gasteiger charge is 2.41. The highest BCUT2D eigenvalue weighted by atomic mass is 16.5. The van der Waals surface area contributed by atoms with Crippen LogP contribution in [0.2, 0.25) is 0 Å². The van der Waals surface area contributed by atoms with Gasteiger partial charge in [0.1, 0.15) is 17.7 Å². The molecule has 3 rings (SSSR count). The van der Waals surface area contributed by atoms with E-state index in [9.17, 15) is 0 Å². The molecule has 2 atom stereocenters. The number of benzene rings is 1. The van der Waals surface area contributed by atoms with Gasteiger partial charge in [0.15, 0.2) is 11.5 Å². The van der Waals surface area contributed by atoms with Crippen LogP contribution in [0.4, 0.5) is 5.82 Å². The fourth-order valence-electron chi connectivity index (χ4n) is 3.20. The minimum Gasteiger partial charge on any atom is -0.493 e. The molecule has 1 aromatic carbocycles. The summed E-state index contributed by atoms with van der Waals surface area (Å²) in [5.41, 5.74) is 0.646. The van der Waals surface area contributed by atoms with E-state index < -0.39 is 0 Å². The molecule has 0 saturated carbocycles. The molecule has 0 spiro atoms. The molecule has 0 radical (unpaired) electrons. The Hall–Kier alpha value is -2.08. The van der Waals surface area contributed by atoms with E-state index in [1.807, 2.05) is 12.1 Å². The van der Waals surface area contributed by atoms with E-state index in [4.69, 9.17) is 14.2 Å². The summed E-state index contributed by atoms with van der Waals surface area (Å²) in [6.45, 7) is 5.08. The van der Waals surface area contributed by atoms with Crippen LogP contribution in [0.5, 0.6) is 11.5 Å². The topological polar surface area (TPSA) is 56.7 Å². The number of nitrogens with zero attached hydrogens (tertiary/aromatic N) is 3. The number of fused-ring (bicyclic) bond motifs is 1. The van der Waals surface area contributed by atoms with Gasteiger partial charge in [0.2, 0.25) is 0 Å². The van der Waals surface area contributed by atoms with Crippen molar-refractivity contribution in [3.05, 3.63) is 18.5 Å². The van der Waals surface area contributed by atoms with Crippen LogP contribution in [0.1, 0.15) is 20.3 Å². The molecule has 1 aliphatic rings. The summed E-state index contributed by atoms with van der Waals surface area (Å²) < 4.78 is 16.6. The standard InChI is InChI=1S/C17H23N3O3/c1-11-17(2,8-9-23-11)20(3)16-12-6-7-13(21-4)15(22-5)14(12)18-10-19-16/h6-7,10-11H,8-9H2,1-5H3/t11-,17+/m0/s1. The molecule has 0 amide bonds. The Morgan fingerprint density at radius 3 is 2.65 bits per heavy atom. The molecule has 2 heterocycles. The number of ether oxygens (including phenoxy) is 3. The smallest absolute Gasteiger partial charge is 0.187 e. The molecule has 6 heteroatoms. The third-order valence-electron chi connectivity index (χ3n) is 5.06. The second-order valence-electron chi connectivity index (χ2n) is 6.07. The number of anilines is 1. The van der Waals surface area contributed by atoms with Crippen molar-refractivity contribution in [2.45, 2.75) is 31.9 Å². The lowest BCUT2D eigenvalue weighted by Crippen LogP contribution is -2.49. The van der Waals surface area contributed by atoms with Gasteiger partial charge in [-0.25, -0.2) is 9.97 Å². The lowest BCUT2D eigenvalue weighted by Gasteiger charge is -2.39. The zero-order chi connectivity index (χ0) is 16.6. The van der Waals surface area contributed by atoms with Crippen LogP contribution >= 0.6 is 0 Å². The Morgan fingerprint density at radius 2 is 2.04 bits per heavy atom. The molecule has 0 N–H and O–H groups in total. The number of rotatable bonds is 4. The first kappa shape index (κ1) is 15.8. The third-order valence-corrected chi connectivity index (χ3v) is 5.06. The summed E-state index contributed by atoms with van der Waals surface area (Å²) in [6, 6.07) is 3.87. The van der Waals surface area contributed by atoms with Crippen molar-refractivity contribution >= 4 is 16.7 Å². The Kier molecular flexibility index (Phi) is 4.02. The molecular weight excluding hydrogens is 294 g/mol. The number of hydrogen-bond acceptors (Lipinski definition) is 6. The van der Waals surface area contributed by atoms with E-state index in [2.05, 4.69) is 35.8 Å². The third kappa shape index (κ3) is 2.37. The summed E-state index contributed by atoms with van der Waals surface area (Å²) in [6.07, 6.45) is 2.67. The van der Waals surface area contributed by atoms with Gasteiger partial charge < -0.3 is 19.1 Å².